The van der Waals surface area contributed by atoms with Crippen molar-refractivity contribution in [2.24, 2.45) is 0 Å². The highest BCUT2D eigenvalue weighted by molar-refractivity contribution is 14.1. The van der Waals surface area contributed by atoms with Gasteiger partial charge in [0.1, 0.15) is 11.5 Å². The second-order valence-electron chi connectivity index (χ2n) is 8.47. The Morgan fingerprint density at radius 3 is 1.86 bits per heavy atom. The molecule has 0 spiro atoms. The zero-order valence-electron chi connectivity index (χ0n) is 19.6. The first-order valence-electron chi connectivity index (χ1n) is 11.9. The molecular weight excluding hydrogens is 674 g/mol. The highest BCUT2D eigenvalue weighted by atomic mass is 127. The Kier molecular flexibility index (Phi) is 12.4. The molecule has 9 heteroatoms. The van der Waals surface area contributed by atoms with E-state index in [9.17, 15) is 9.59 Å². The van der Waals surface area contributed by atoms with E-state index in [1.54, 1.807) is 0 Å². The van der Waals surface area contributed by atoms with E-state index in [1.165, 1.54) is 12.8 Å². The zero-order chi connectivity index (χ0) is 24.9. The molecule has 2 amide bonds. The fourth-order valence-corrected chi connectivity index (χ4v) is 4.50. The summed E-state index contributed by atoms with van der Waals surface area (Å²) < 4.78 is 18.5. The van der Waals surface area contributed by atoms with Crippen LogP contribution in [0.2, 0.25) is 0 Å². The maximum absolute atomic E-state index is 11.6. The van der Waals surface area contributed by atoms with Crippen LogP contribution in [0.25, 0.3) is 0 Å². The lowest BCUT2D eigenvalue weighted by Gasteiger charge is -2.12. The summed E-state index contributed by atoms with van der Waals surface area (Å²) in [5, 5.41) is 5.81. The molecule has 0 bridgehead atoms. The van der Waals surface area contributed by atoms with Crippen LogP contribution in [0.3, 0.4) is 0 Å². The summed E-state index contributed by atoms with van der Waals surface area (Å²) in [6.07, 6.45) is 6.95. The lowest BCUT2D eigenvalue weighted by atomic mass is 10.2. The molecule has 35 heavy (non-hydrogen) atoms. The molecular formula is C26H32I2N2O5. The third kappa shape index (κ3) is 11.3. The maximum atomic E-state index is 11.6. The van der Waals surface area contributed by atoms with Gasteiger partial charge in [0, 0.05) is 26.3 Å². The number of hydrogen-bond donors (Lipinski definition) is 2. The highest BCUT2D eigenvalue weighted by Crippen LogP contribution is 2.18. The number of rotatable bonds is 9. The fourth-order valence-electron chi connectivity index (χ4n) is 3.78. The normalized spacial score (nSPS) is 17.3. The smallest absolute Gasteiger partial charge is 0.258 e. The number of ether oxygens (including phenoxy) is 3. The zero-order valence-corrected chi connectivity index (χ0v) is 24.0. The summed E-state index contributed by atoms with van der Waals surface area (Å²) in [5.74, 6) is 1.33. The molecule has 1 aliphatic heterocycles. The number of hydrogen-bond acceptors (Lipinski definition) is 5. The van der Waals surface area contributed by atoms with Gasteiger partial charge in [-0.1, -0.05) is 12.8 Å². The Labute approximate surface area is 234 Å². The molecule has 1 atom stereocenters. The van der Waals surface area contributed by atoms with Gasteiger partial charge in [0.05, 0.1) is 6.10 Å². The molecule has 1 aliphatic carbocycles. The molecule has 0 aromatic heterocycles. The monoisotopic (exact) mass is 706 g/mol. The number of benzene rings is 2. The van der Waals surface area contributed by atoms with Crippen LogP contribution in [0.5, 0.6) is 11.5 Å². The third-order valence-corrected chi connectivity index (χ3v) is 7.08. The Morgan fingerprint density at radius 2 is 1.34 bits per heavy atom. The molecule has 1 saturated heterocycles. The van der Waals surface area contributed by atoms with Gasteiger partial charge in [0.15, 0.2) is 13.2 Å². The number of carbonyl (C=O) groups is 2. The second-order valence-corrected chi connectivity index (χ2v) is 11.0. The quantitative estimate of drug-likeness (QED) is 0.370. The lowest BCUT2D eigenvalue weighted by Crippen LogP contribution is -2.36. The van der Waals surface area contributed by atoms with Crippen molar-refractivity contribution < 1.29 is 23.8 Å². The minimum absolute atomic E-state index is 0.0181. The summed E-state index contributed by atoms with van der Waals surface area (Å²) in [7, 11) is 0. The molecule has 190 valence electrons. The Bertz CT molecular complexity index is 912. The third-order valence-electron chi connectivity index (χ3n) is 5.64. The first-order chi connectivity index (χ1) is 17.0. The van der Waals surface area contributed by atoms with Gasteiger partial charge in [-0.15, -0.1) is 0 Å². The summed E-state index contributed by atoms with van der Waals surface area (Å²) >= 11 is 4.46. The van der Waals surface area contributed by atoms with E-state index in [1.807, 2.05) is 48.5 Å². The Hall–Kier alpha value is -1.60. The van der Waals surface area contributed by atoms with Crippen molar-refractivity contribution in [3.63, 3.8) is 0 Å². The molecule has 2 aromatic carbocycles. The predicted molar refractivity (Wildman–Crippen MR) is 152 cm³/mol. The van der Waals surface area contributed by atoms with Crippen molar-refractivity contribution in [1.82, 2.24) is 10.6 Å². The van der Waals surface area contributed by atoms with Crippen LogP contribution in [-0.4, -0.2) is 50.3 Å². The maximum Gasteiger partial charge on any atom is 0.258 e. The van der Waals surface area contributed by atoms with Crippen LogP contribution in [-0.2, 0) is 14.3 Å². The van der Waals surface area contributed by atoms with Crippen molar-refractivity contribution in [1.29, 1.82) is 0 Å². The molecule has 1 saturated carbocycles. The number of carbonyl (C=O) groups excluding carboxylic acids is 2. The molecule has 2 aromatic rings. The van der Waals surface area contributed by atoms with Gasteiger partial charge in [-0.05, 0) is 119 Å². The van der Waals surface area contributed by atoms with Crippen molar-refractivity contribution >= 4 is 57.0 Å². The van der Waals surface area contributed by atoms with Crippen LogP contribution in [0.1, 0.15) is 38.5 Å². The first kappa shape index (κ1) is 28.0. The van der Waals surface area contributed by atoms with Gasteiger partial charge < -0.3 is 24.8 Å². The molecule has 4 rings (SSSR count). The van der Waals surface area contributed by atoms with Gasteiger partial charge in [0.25, 0.3) is 11.8 Å². The molecule has 2 aliphatic rings. The number of nitrogens with one attached hydrogen (secondary N) is 2. The summed E-state index contributed by atoms with van der Waals surface area (Å²) in [6, 6.07) is 15.7. The second kappa shape index (κ2) is 15.5. The van der Waals surface area contributed by atoms with Crippen LogP contribution >= 0.6 is 45.2 Å². The van der Waals surface area contributed by atoms with E-state index < -0.39 is 0 Å². The molecule has 2 N–H and O–H groups in total. The molecule has 1 unspecified atom stereocenters. The average Bonchev–Trinajstić information content (AvgIpc) is 3.57. The summed E-state index contributed by atoms with van der Waals surface area (Å²) in [5.41, 5.74) is 0. The standard InChI is InChI=1S/C13H16INO3.C13H16INO2/c14-10-3-5-11(6-4-10)18-9-13(16)15-8-12-2-1-7-17-12;14-10-5-7-12(8-6-10)17-9-13(16)15-11-3-1-2-4-11/h3-6,12H,1-2,7-9H2,(H,15,16);5-8,11H,1-4,9H2,(H,15,16). The van der Waals surface area contributed by atoms with Crippen molar-refractivity contribution in [2.45, 2.75) is 50.7 Å². The van der Waals surface area contributed by atoms with Crippen molar-refractivity contribution in [2.75, 3.05) is 26.4 Å². The highest BCUT2D eigenvalue weighted by Gasteiger charge is 2.17. The van der Waals surface area contributed by atoms with E-state index in [4.69, 9.17) is 14.2 Å². The minimum atomic E-state index is -0.107. The first-order valence-corrected chi connectivity index (χ1v) is 14.1. The Morgan fingerprint density at radius 1 is 0.800 bits per heavy atom. The average molecular weight is 706 g/mol. The van der Waals surface area contributed by atoms with Crippen LogP contribution in [0.15, 0.2) is 48.5 Å². The van der Waals surface area contributed by atoms with E-state index in [0.29, 0.717) is 18.3 Å². The SMILES string of the molecule is O=C(COc1ccc(I)cc1)NC1CCCC1.O=C(COc1ccc(I)cc1)NCC1CCCO1. The topological polar surface area (TPSA) is 85.9 Å². The van der Waals surface area contributed by atoms with E-state index in [-0.39, 0.29) is 31.1 Å². The van der Waals surface area contributed by atoms with E-state index in [0.717, 1.165) is 45.2 Å². The molecule has 2 fully saturated rings. The minimum Gasteiger partial charge on any atom is -0.484 e. The van der Waals surface area contributed by atoms with Crippen LogP contribution in [0.4, 0.5) is 0 Å². The fraction of sp³-hybridized carbons (Fsp3) is 0.462. The number of halogens is 2. The van der Waals surface area contributed by atoms with E-state index >= 15 is 0 Å². The number of amides is 2. The van der Waals surface area contributed by atoms with Gasteiger partial charge in [-0.2, -0.15) is 0 Å². The van der Waals surface area contributed by atoms with Crippen LogP contribution < -0.4 is 20.1 Å². The van der Waals surface area contributed by atoms with Gasteiger partial charge >= 0.3 is 0 Å². The van der Waals surface area contributed by atoms with Gasteiger partial charge in [0.2, 0.25) is 0 Å². The predicted octanol–water partition coefficient (Wildman–Crippen LogP) is 4.69. The molecule has 1 heterocycles. The van der Waals surface area contributed by atoms with Crippen molar-refractivity contribution in [3.05, 3.63) is 55.7 Å². The molecule has 7 nitrogen and oxygen atoms in total. The lowest BCUT2D eigenvalue weighted by molar-refractivity contribution is -0.124. The van der Waals surface area contributed by atoms with Gasteiger partial charge in [-0.3, -0.25) is 9.59 Å². The van der Waals surface area contributed by atoms with Crippen molar-refractivity contribution in [3.8, 4) is 11.5 Å². The summed E-state index contributed by atoms with van der Waals surface area (Å²) in [6.45, 7) is 1.54. The largest absolute Gasteiger partial charge is 0.484 e. The van der Waals surface area contributed by atoms with E-state index in [2.05, 4.69) is 55.8 Å². The molecule has 0 radical (unpaired) electrons. The van der Waals surface area contributed by atoms with Gasteiger partial charge in [-0.25, -0.2) is 0 Å². The summed E-state index contributed by atoms with van der Waals surface area (Å²) in [4.78, 5) is 23.1. The Balaban J connectivity index is 0.000000196. The van der Waals surface area contributed by atoms with Crippen LogP contribution in [0, 0.1) is 7.14 Å².